The van der Waals surface area contributed by atoms with Gasteiger partial charge in [-0.15, -0.1) is 0 Å². The number of pyridine rings is 1. The first-order valence-corrected chi connectivity index (χ1v) is 9.36. The molecule has 0 bridgehead atoms. The molecule has 0 spiro atoms. The molecule has 4 nitrogen and oxygen atoms in total. The van der Waals surface area contributed by atoms with Crippen molar-refractivity contribution < 1.29 is 0 Å². The molecule has 3 rings (SSSR count). The summed E-state index contributed by atoms with van der Waals surface area (Å²) in [6.45, 7) is 11.8. The number of hydrogen-bond acceptors (Lipinski definition) is 4. The van der Waals surface area contributed by atoms with Crippen molar-refractivity contribution >= 4 is 0 Å². The zero-order chi connectivity index (χ0) is 16.1. The highest BCUT2D eigenvalue weighted by Gasteiger charge is 2.31. The van der Waals surface area contributed by atoms with Crippen molar-refractivity contribution in [2.24, 2.45) is 5.92 Å². The van der Waals surface area contributed by atoms with Crippen LogP contribution < -0.4 is 5.32 Å². The van der Waals surface area contributed by atoms with Crippen molar-refractivity contribution in [1.82, 2.24) is 20.1 Å². The van der Waals surface area contributed by atoms with Crippen LogP contribution in [0.2, 0.25) is 0 Å². The summed E-state index contributed by atoms with van der Waals surface area (Å²) in [6.07, 6.45) is 7.85. The van der Waals surface area contributed by atoms with Gasteiger partial charge in [0.2, 0.25) is 0 Å². The first-order chi connectivity index (χ1) is 11.3. The Balaban J connectivity index is 1.78. The van der Waals surface area contributed by atoms with Crippen LogP contribution in [0.4, 0.5) is 0 Å². The molecule has 128 valence electrons. The van der Waals surface area contributed by atoms with E-state index in [1.165, 1.54) is 37.9 Å². The zero-order valence-corrected chi connectivity index (χ0v) is 14.7. The second-order valence-corrected chi connectivity index (χ2v) is 7.31. The van der Waals surface area contributed by atoms with Gasteiger partial charge in [0.05, 0.1) is 0 Å². The maximum atomic E-state index is 4.23. The van der Waals surface area contributed by atoms with Gasteiger partial charge in [0, 0.05) is 57.2 Å². The molecular weight excluding hydrogens is 284 g/mol. The highest BCUT2D eigenvalue weighted by Crippen LogP contribution is 2.27. The Morgan fingerprint density at radius 2 is 2.13 bits per heavy atom. The molecule has 0 saturated carbocycles. The fourth-order valence-electron chi connectivity index (χ4n) is 4.25. The molecule has 2 aliphatic heterocycles. The van der Waals surface area contributed by atoms with Crippen LogP contribution in [0.25, 0.3) is 0 Å². The lowest BCUT2D eigenvalue weighted by molar-refractivity contribution is 0.0618. The maximum Gasteiger partial charge on any atom is 0.0480 e. The third-order valence-electron chi connectivity index (χ3n) is 5.53. The third-order valence-corrected chi connectivity index (χ3v) is 5.53. The molecule has 3 unspecified atom stereocenters. The summed E-state index contributed by atoms with van der Waals surface area (Å²) >= 11 is 0. The van der Waals surface area contributed by atoms with E-state index in [4.69, 9.17) is 0 Å². The summed E-state index contributed by atoms with van der Waals surface area (Å²) < 4.78 is 0. The van der Waals surface area contributed by atoms with Crippen molar-refractivity contribution in [1.29, 1.82) is 0 Å². The van der Waals surface area contributed by atoms with E-state index in [0.717, 1.165) is 32.1 Å². The second-order valence-electron chi connectivity index (χ2n) is 7.31. The van der Waals surface area contributed by atoms with Gasteiger partial charge in [-0.25, -0.2) is 0 Å². The lowest BCUT2D eigenvalue weighted by Crippen LogP contribution is -2.54. The Bertz CT molecular complexity index is 464. The third kappa shape index (κ3) is 4.31. The molecule has 3 atom stereocenters. The van der Waals surface area contributed by atoms with Crippen molar-refractivity contribution in [3.05, 3.63) is 30.1 Å². The van der Waals surface area contributed by atoms with Crippen molar-refractivity contribution in [2.45, 2.75) is 45.2 Å². The van der Waals surface area contributed by atoms with E-state index in [9.17, 15) is 0 Å². The van der Waals surface area contributed by atoms with Gasteiger partial charge in [-0.3, -0.25) is 9.88 Å². The summed E-state index contributed by atoms with van der Waals surface area (Å²) in [5, 5.41) is 3.57. The van der Waals surface area contributed by atoms with E-state index < -0.39 is 0 Å². The molecule has 0 aliphatic carbocycles. The molecule has 0 radical (unpaired) electrons. The van der Waals surface area contributed by atoms with E-state index in [1.54, 1.807) is 0 Å². The van der Waals surface area contributed by atoms with Gasteiger partial charge in [0.25, 0.3) is 0 Å². The lowest BCUT2D eigenvalue weighted by Gasteiger charge is -2.44. The molecule has 3 heterocycles. The molecule has 2 fully saturated rings. The smallest absolute Gasteiger partial charge is 0.0480 e. The normalized spacial score (nSPS) is 28.6. The van der Waals surface area contributed by atoms with E-state index in [2.05, 4.69) is 46.1 Å². The number of aromatic nitrogens is 1. The predicted molar refractivity (Wildman–Crippen MR) is 95.5 cm³/mol. The van der Waals surface area contributed by atoms with E-state index in [-0.39, 0.29) is 0 Å². The number of nitrogens with one attached hydrogen (secondary N) is 1. The zero-order valence-electron chi connectivity index (χ0n) is 14.7. The van der Waals surface area contributed by atoms with Crippen molar-refractivity contribution in [2.75, 3.05) is 39.3 Å². The van der Waals surface area contributed by atoms with Crippen LogP contribution in [0.5, 0.6) is 0 Å². The van der Waals surface area contributed by atoms with Gasteiger partial charge in [-0.1, -0.05) is 13.8 Å². The Morgan fingerprint density at radius 1 is 1.30 bits per heavy atom. The second kappa shape index (κ2) is 8.22. The van der Waals surface area contributed by atoms with Crippen LogP contribution in [0, 0.1) is 5.92 Å². The number of hydrogen-bond donors (Lipinski definition) is 1. The van der Waals surface area contributed by atoms with Crippen molar-refractivity contribution in [3.8, 4) is 0 Å². The molecule has 2 saturated heterocycles. The number of piperidine rings is 1. The molecule has 1 N–H and O–H groups in total. The Labute approximate surface area is 141 Å². The molecule has 1 aromatic heterocycles. The summed E-state index contributed by atoms with van der Waals surface area (Å²) in [7, 11) is 0. The maximum absolute atomic E-state index is 4.23. The van der Waals surface area contributed by atoms with Gasteiger partial charge < -0.3 is 10.2 Å². The van der Waals surface area contributed by atoms with Gasteiger partial charge >= 0.3 is 0 Å². The highest BCUT2D eigenvalue weighted by molar-refractivity contribution is 5.17. The lowest BCUT2D eigenvalue weighted by atomic mass is 9.97. The Morgan fingerprint density at radius 3 is 2.87 bits per heavy atom. The molecule has 23 heavy (non-hydrogen) atoms. The quantitative estimate of drug-likeness (QED) is 0.904. The van der Waals surface area contributed by atoms with Crippen LogP contribution >= 0.6 is 0 Å². The van der Waals surface area contributed by atoms with Crippen LogP contribution in [-0.2, 0) is 0 Å². The van der Waals surface area contributed by atoms with Crippen LogP contribution in [0.15, 0.2) is 24.5 Å². The minimum Gasteiger partial charge on any atom is -0.314 e. The van der Waals surface area contributed by atoms with Gasteiger partial charge in [-0.2, -0.15) is 0 Å². The van der Waals surface area contributed by atoms with Crippen LogP contribution in [0.3, 0.4) is 0 Å². The van der Waals surface area contributed by atoms with Gasteiger partial charge in [0.15, 0.2) is 0 Å². The van der Waals surface area contributed by atoms with E-state index in [1.807, 2.05) is 12.4 Å². The average Bonchev–Trinajstić information content (AvgIpc) is 2.60. The Hall–Kier alpha value is -0.970. The first kappa shape index (κ1) is 16.9. The summed E-state index contributed by atoms with van der Waals surface area (Å²) in [4.78, 5) is 9.66. The fourth-order valence-corrected chi connectivity index (χ4v) is 4.25. The summed E-state index contributed by atoms with van der Waals surface area (Å²) in [5.74, 6) is 0.840. The monoisotopic (exact) mass is 316 g/mol. The van der Waals surface area contributed by atoms with Crippen LogP contribution in [-0.4, -0.2) is 60.1 Å². The fraction of sp³-hybridized carbons (Fsp3) is 0.737. The minimum atomic E-state index is 0.496. The largest absolute Gasteiger partial charge is 0.314 e. The SMILES string of the molecule is CCC1CNCCN1C(CN1CCCC(C)C1)c1ccncc1. The predicted octanol–water partition coefficient (Wildman–Crippen LogP) is 2.54. The average molecular weight is 316 g/mol. The first-order valence-electron chi connectivity index (χ1n) is 9.36. The number of rotatable bonds is 5. The number of likely N-dealkylation sites (tertiary alicyclic amines) is 1. The Kier molecular flexibility index (Phi) is 6.03. The molecule has 2 aliphatic rings. The number of piperazine rings is 1. The summed E-state index contributed by atoms with van der Waals surface area (Å²) in [6, 6.07) is 5.57. The van der Waals surface area contributed by atoms with Gasteiger partial charge in [-0.05, 0) is 49.4 Å². The highest BCUT2D eigenvalue weighted by atomic mass is 15.3. The minimum absolute atomic E-state index is 0.496. The standard InChI is InChI=1S/C19H32N4/c1-3-18-13-21-10-12-23(18)19(17-6-8-20-9-7-17)15-22-11-4-5-16(2)14-22/h6-9,16,18-19,21H,3-5,10-15H2,1-2H3. The topological polar surface area (TPSA) is 31.4 Å². The summed E-state index contributed by atoms with van der Waals surface area (Å²) in [5.41, 5.74) is 1.43. The molecule has 1 aromatic rings. The number of nitrogens with zero attached hydrogens (tertiary/aromatic N) is 3. The van der Waals surface area contributed by atoms with E-state index >= 15 is 0 Å². The molecular formula is C19H32N4. The van der Waals surface area contributed by atoms with Crippen LogP contribution in [0.1, 0.15) is 44.7 Å². The van der Waals surface area contributed by atoms with E-state index in [0.29, 0.717) is 12.1 Å². The molecule has 0 amide bonds. The van der Waals surface area contributed by atoms with Gasteiger partial charge in [0.1, 0.15) is 0 Å². The van der Waals surface area contributed by atoms with Crippen molar-refractivity contribution in [3.63, 3.8) is 0 Å². The molecule has 0 aromatic carbocycles. The molecule has 4 heteroatoms.